The van der Waals surface area contributed by atoms with Gasteiger partial charge < -0.3 is 15.8 Å². The van der Waals surface area contributed by atoms with Gasteiger partial charge in [0.2, 0.25) is 5.91 Å². The topological polar surface area (TPSA) is 81.4 Å². The summed E-state index contributed by atoms with van der Waals surface area (Å²) in [6, 6.07) is 4.57. The number of hydrogen-bond acceptors (Lipinski definition) is 4. The predicted octanol–water partition coefficient (Wildman–Crippen LogP) is 0.744. The summed E-state index contributed by atoms with van der Waals surface area (Å²) < 4.78 is 4.59. The maximum atomic E-state index is 11.3. The highest BCUT2D eigenvalue weighted by Crippen LogP contribution is 2.25. The summed E-state index contributed by atoms with van der Waals surface area (Å²) in [5.74, 6) is -0.452. The monoisotopic (exact) mass is 234 g/mol. The first-order chi connectivity index (χ1) is 8.11. The Labute approximate surface area is 98.9 Å². The van der Waals surface area contributed by atoms with Crippen LogP contribution >= 0.6 is 0 Å². The summed E-state index contributed by atoms with van der Waals surface area (Å²) in [5.41, 5.74) is 8.24. The number of hydrogen-bond donors (Lipinski definition) is 2. The van der Waals surface area contributed by atoms with Gasteiger partial charge in [0.1, 0.15) is 6.04 Å². The molecule has 1 heterocycles. The third-order valence-corrected chi connectivity index (χ3v) is 2.84. The molecule has 90 valence electrons. The van der Waals surface area contributed by atoms with Crippen LogP contribution in [-0.2, 0) is 20.7 Å². The maximum absolute atomic E-state index is 11.3. The molecule has 1 unspecified atom stereocenters. The number of carbonyl (C=O) groups is 2. The highest BCUT2D eigenvalue weighted by atomic mass is 16.5. The van der Waals surface area contributed by atoms with E-state index in [1.165, 1.54) is 7.11 Å². The van der Waals surface area contributed by atoms with Gasteiger partial charge in [0.25, 0.3) is 0 Å². The van der Waals surface area contributed by atoms with Gasteiger partial charge in [0.05, 0.1) is 7.11 Å². The molecule has 0 spiro atoms. The zero-order valence-electron chi connectivity index (χ0n) is 9.53. The van der Waals surface area contributed by atoms with Crippen LogP contribution in [0.15, 0.2) is 18.2 Å². The van der Waals surface area contributed by atoms with E-state index in [0.717, 1.165) is 11.3 Å². The highest BCUT2D eigenvalue weighted by Gasteiger charge is 2.20. The molecule has 1 atom stereocenters. The lowest BCUT2D eigenvalue weighted by Gasteiger charge is -2.18. The largest absolute Gasteiger partial charge is 0.468 e. The van der Waals surface area contributed by atoms with E-state index < -0.39 is 12.0 Å². The SMILES string of the molecule is COC(=O)C(N)c1ccc2c(c1)CCC(=O)N2. The zero-order valence-corrected chi connectivity index (χ0v) is 9.53. The minimum Gasteiger partial charge on any atom is -0.468 e. The van der Waals surface area contributed by atoms with Crippen molar-refractivity contribution >= 4 is 17.6 Å². The van der Waals surface area contributed by atoms with Crippen LogP contribution in [0.2, 0.25) is 0 Å². The standard InChI is InChI=1S/C12H14N2O3/c1-17-12(16)11(13)8-2-4-9-7(6-8)3-5-10(15)14-9/h2,4,6,11H,3,5,13H2,1H3,(H,14,15). The summed E-state index contributed by atoms with van der Waals surface area (Å²) in [7, 11) is 1.31. The second kappa shape index (κ2) is 4.55. The molecule has 3 N–H and O–H groups in total. The van der Waals surface area contributed by atoms with Crippen LogP contribution in [0.1, 0.15) is 23.6 Å². The van der Waals surface area contributed by atoms with Gasteiger partial charge in [-0.1, -0.05) is 12.1 Å². The summed E-state index contributed by atoms with van der Waals surface area (Å²) in [4.78, 5) is 22.5. The average molecular weight is 234 g/mol. The summed E-state index contributed by atoms with van der Waals surface area (Å²) >= 11 is 0. The van der Waals surface area contributed by atoms with Crippen molar-refractivity contribution in [1.29, 1.82) is 0 Å². The van der Waals surface area contributed by atoms with Gasteiger partial charge in [0, 0.05) is 12.1 Å². The van der Waals surface area contributed by atoms with Gasteiger partial charge in [-0.3, -0.25) is 9.59 Å². The molecule has 0 radical (unpaired) electrons. The van der Waals surface area contributed by atoms with Gasteiger partial charge in [0.15, 0.2) is 0 Å². The molecular formula is C12H14N2O3. The fraction of sp³-hybridized carbons (Fsp3) is 0.333. The van der Waals surface area contributed by atoms with Crippen molar-refractivity contribution in [3.63, 3.8) is 0 Å². The molecule has 17 heavy (non-hydrogen) atoms. The third kappa shape index (κ3) is 2.29. The van der Waals surface area contributed by atoms with E-state index in [2.05, 4.69) is 10.1 Å². The zero-order chi connectivity index (χ0) is 12.4. The van der Waals surface area contributed by atoms with Crippen LogP contribution < -0.4 is 11.1 Å². The first-order valence-electron chi connectivity index (χ1n) is 5.38. The molecular weight excluding hydrogens is 220 g/mol. The molecule has 1 aliphatic rings. The molecule has 5 nitrogen and oxygen atoms in total. The summed E-state index contributed by atoms with van der Waals surface area (Å²) in [6.07, 6.45) is 1.13. The summed E-state index contributed by atoms with van der Waals surface area (Å²) in [6.45, 7) is 0. The van der Waals surface area contributed by atoms with Gasteiger partial charge in [-0.15, -0.1) is 0 Å². The number of methoxy groups -OCH3 is 1. The van der Waals surface area contributed by atoms with Crippen molar-refractivity contribution in [2.45, 2.75) is 18.9 Å². The fourth-order valence-electron chi connectivity index (χ4n) is 1.86. The molecule has 1 aromatic rings. The van der Waals surface area contributed by atoms with Crippen molar-refractivity contribution < 1.29 is 14.3 Å². The van der Waals surface area contributed by atoms with E-state index in [1.54, 1.807) is 12.1 Å². The minimum absolute atomic E-state index is 0.0162. The first kappa shape index (κ1) is 11.6. The number of ether oxygens (including phenoxy) is 1. The first-order valence-corrected chi connectivity index (χ1v) is 5.38. The Bertz CT molecular complexity index is 471. The number of esters is 1. The molecule has 0 aliphatic carbocycles. The lowest BCUT2D eigenvalue weighted by molar-refractivity contribution is -0.142. The number of aryl methyl sites for hydroxylation is 1. The van der Waals surface area contributed by atoms with Crippen molar-refractivity contribution in [3.05, 3.63) is 29.3 Å². The van der Waals surface area contributed by atoms with E-state index in [4.69, 9.17) is 5.73 Å². The normalized spacial score (nSPS) is 15.8. The van der Waals surface area contributed by atoms with Crippen LogP contribution in [0.4, 0.5) is 5.69 Å². The average Bonchev–Trinajstić information content (AvgIpc) is 2.36. The summed E-state index contributed by atoms with van der Waals surface area (Å²) in [5, 5.41) is 2.77. The van der Waals surface area contributed by atoms with Gasteiger partial charge in [-0.25, -0.2) is 0 Å². The van der Waals surface area contributed by atoms with E-state index in [0.29, 0.717) is 18.4 Å². The minimum atomic E-state index is -0.775. The lowest BCUT2D eigenvalue weighted by atomic mass is 9.97. The number of anilines is 1. The van der Waals surface area contributed by atoms with Gasteiger partial charge in [-0.2, -0.15) is 0 Å². The van der Waals surface area contributed by atoms with E-state index >= 15 is 0 Å². The number of fused-ring (bicyclic) bond motifs is 1. The lowest BCUT2D eigenvalue weighted by Crippen LogP contribution is -2.24. The quantitative estimate of drug-likeness (QED) is 0.740. The molecule has 0 aromatic heterocycles. The maximum Gasteiger partial charge on any atom is 0.327 e. The van der Waals surface area contributed by atoms with Crippen molar-refractivity contribution in [3.8, 4) is 0 Å². The van der Waals surface area contributed by atoms with E-state index in [1.807, 2.05) is 6.07 Å². The Balaban J connectivity index is 2.28. The number of rotatable bonds is 2. The van der Waals surface area contributed by atoms with Crippen LogP contribution in [0.3, 0.4) is 0 Å². The molecule has 0 saturated carbocycles. The molecule has 2 rings (SSSR count). The Morgan fingerprint density at radius 2 is 2.24 bits per heavy atom. The Morgan fingerprint density at radius 3 is 2.94 bits per heavy atom. The van der Waals surface area contributed by atoms with E-state index in [-0.39, 0.29) is 5.91 Å². The van der Waals surface area contributed by atoms with E-state index in [9.17, 15) is 9.59 Å². The van der Waals surface area contributed by atoms with Crippen molar-refractivity contribution in [2.24, 2.45) is 5.73 Å². The molecule has 0 saturated heterocycles. The van der Waals surface area contributed by atoms with Gasteiger partial charge >= 0.3 is 5.97 Å². The van der Waals surface area contributed by atoms with Crippen LogP contribution in [0.25, 0.3) is 0 Å². The van der Waals surface area contributed by atoms with Crippen LogP contribution in [-0.4, -0.2) is 19.0 Å². The molecule has 5 heteroatoms. The number of benzene rings is 1. The molecule has 1 amide bonds. The Hall–Kier alpha value is -1.88. The van der Waals surface area contributed by atoms with Crippen LogP contribution in [0.5, 0.6) is 0 Å². The fourth-order valence-corrected chi connectivity index (χ4v) is 1.86. The second-order valence-corrected chi connectivity index (χ2v) is 3.97. The number of amides is 1. The molecule has 1 aromatic carbocycles. The Kier molecular flexibility index (Phi) is 3.10. The number of nitrogens with one attached hydrogen (secondary N) is 1. The highest BCUT2D eigenvalue weighted by molar-refractivity contribution is 5.94. The molecule has 0 fully saturated rings. The smallest absolute Gasteiger partial charge is 0.327 e. The Morgan fingerprint density at radius 1 is 1.47 bits per heavy atom. The van der Waals surface area contributed by atoms with Gasteiger partial charge in [-0.05, 0) is 23.6 Å². The second-order valence-electron chi connectivity index (χ2n) is 3.97. The molecule has 0 bridgehead atoms. The number of carbonyl (C=O) groups excluding carboxylic acids is 2. The number of nitrogens with two attached hydrogens (primary N) is 1. The predicted molar refractivity (Wildman–Crippen MR) is 62.3 cm³/mol. The van der Waals surface area contributed by atoms with Crippen molar-refractivity contribution in [1.82, 2.24) is 0 Å². The third-order valence-electron chi connectivity index (χ3n) is 2.84. The van der Waals surface area contributed by atoms with Crippen LogP contribution in [0, 0.1) is 0 Å². The molecule has 1 aliphatic heterocycles. The van der Waals surface area contributed by atoms with Crippen molar-refractivity contribution in [2.75, 3.05) is 12.4 Å².